The van der Waals surface area contributed by atoms with Crippen LogP contribution >= 0.6 is 15.9 Å². The number of rotatable bonds is 4. The molecule has 0 spiro atoms. The van der Waals surface area contributed by atoms with E-state index in [1.165, 1.54) is 44.1 Å². The molecule has 1 aliphatic rings. The van der Waals surface area contributed by atoms with Crippen molar-refractivity contribution in [3.8, 4) is 5.75 Å². The van der Waals surface area contributed by atoms with E-state index >= 15 is 0 Å². The summed E-state index contributed by atoms with van der Waals surface area (Å²) < 4.78 is 6.42. The summed E-state index contributed by atoms with van der Waals surface area (Å²) in [6, 6.07) is 6.28. The zero-order valence-electron chi connectivity index (χ0n) is 11.5. The second kappa shape index (κ2) is 7.27. The zero-order valence-corrected chi connectivity index (χ0v) is 13.1. The largest absolute Gasteiger partial charge is 0.497 e. The molecular weight excluding hydrogens is 304 g/mol. The third kappa shape index (κ3) is 3.71. The Labute approximate surface area is 124 Å². The average molecular weight is 327 g/mol. The Morgan fingerprint density at radius 1 is 1.26 bits per heavy atom. The highest BCUT2D eigenvalue weighted by atomic mass is 79.9. The first-order chi connectivity index (χ1) is 9.26. The molecule has 1 saturated carbocycles. The van der Waals surface area contributed by atoms with E-state index in [4.69, 9.17) is 10.6 Å². The average Bonchev–Trinajstić information content (AvgIpc) is 2.71. The Bertz CT molecular complexity index is 403. The second-order valence-electron chi connectivity index (χ2n) is 5.28. The normalized spacial score (nSPS) is 18.9. The summed E-state index contributed by atoms with van der Waals surface area (Å²) in [5, 5.41) is 0. The molecule has 0 bridgehead atoms. The molecule has 1 aromatic carbocycles. The number of nitrogens with two attached hydrogens (primary N) is 1. The monoisotopic (exact) mass is 326 g/mol. The van der Waals surface area contributed by atoms with Crippen molar-refractivity contribution in [3.05, 3.63) is 28.2 Å². The van der Waals surface area contributed by atoms with E-state index in [-0.39, 0.29) is 6.04 Å². The molecule has 4 heteroatoms. The molecule has 19 heavy (non-hydrogen) atoms. The van der Waals surface area contributed by atoms with E-state index in [9.17, 15) is 0 Å². The lowest BCUT2D eigenvalue weighted by Crippen LogP contribution is -2.33. The minimum atomic E-state index is 0.197. The van der Waals surface area contributed by atoms with Gasteiger partial charge in [-0.1, -0.05) is 41.6 Å². The summed E-state index contributed by atoms with van der Waals surface area (Å²) in [6.07, 6.45) is 7.83. The van der Waals surface area contributed by atoms with Gasteiger partial charge in [0, 0.05) is 4.47 Å². The molecule has 3 nitrogen and oxygen atoms in total. The fourth-order valence-corrected chi connectivity index (χ4v) is 3.50. The van der Waals surface area contributed by atoms with Crippen LogP contribution in [0.25, 0.3) is 0 Å². The Morgan fingerprint density at radius 2 is 1.95 bits per heavy atom. The molecular formula is C15H23BrN2O. The Hall–Kier alpha value is -0.580. The number of hydrazine groups is 1. The third-order valence-electron chi connectivity index (χ3n) is 4.09. The summed E-state index contributed by atoms with van der Waals surface area (Å²) in [6.45, 7) is 0. The molecule has 2 rings (SSSR count). The maximum absolute atomic E-state index is 5.84. The highest BCUT2D eigenvalue weighted by molar-refractivity contribution is 9.10. The predicted octanol–water partition coefficient (Wildman–Crippen LogP) is 3.93. The number of hydrogen-bond donors (Lipinski definition) is 2. The van der Waals surface area contributed by atoms with Crippen LogP contribution in [0.1, 0.15) is 50.1 Å². The quantitative estimate of drug-likeness (QED) is 0.500. The van der Waals surface area contributed by atoms with E-state index in [1.54, 1.807) is 7.11 Å². The van der Waals surface area contributed by atoms with Crippen molar-refractivity contribution in [2.45, 2.75) is 44.6 Å². The molecule has 1 atom stereocenters. The topological polar surface area (TPSA) is 47.3 Å². The van der Waals surface area contributed by atoms with Crippen LogP contribution in [-0.2, 0) is 0 Å². The first-order valence-electron chi connectivity index (χ1n) is 7.06. The van der Waals surface area contributed by atoms with Crippen LogP contribution in [0.3, 0.4) is 0 Å². The SMILES string of the molecule is COc1ccc(Br)c(C(NN)C2CCCCCC2)c1. The summed E-state index contributed by atoms with van der Waals surface area (Å²) in [5.74, 6) is 7.32. The first-order valence-corrected chi connectivity index (χ1v) is 7.85. The van der Waals surface area contributed by atoms with Gasteiger partial charge in [-0.2, -0.15) is 0 Å². The van der Waals surface area contributed by atoms with Gasteiger partial charge in [-0.15, -0.1) is 0 Å². The van der Waals surface area contributed by atoms with Gasteiger partial charge >= 0.3 is 0 Å². The Balaban J connectivity index is 2.24. The molecule has 1 fully saturated rings. The summed E-state index contributed by atoms with van der Waals surface area (Å²) in [7, 11) is 1.70. The number of benzene rings is 1. The Kier molecular flexibility index (Phi) is 5.67. The number of methoxy groups -OCH3 is 1. The van der Waals surface area contributed by atoms with Crippen molar-refractivity contribution >= 4 is 15.9 Å². The van der Waals surface area contributed by atoms with Crippen LogP contribution in [0.5, 0.6) is 5.75 Å². The molecule has 0 radical (unpaired) electrons. The minimum Gasteiger partial charge on any atom is -0.497 e. The number of ether oxygens (including phenoxy) is 1. The van der Waals surface area contributed by atoms with Gasteiger partial charge in [0.2, 0.25) is 0 Å². The van der Waals surface area contributed by atoms with Crippen LogP contribution in [-0.4, -0.2) is 7.11 Å². The second-order valence-corrected chi connectivity index (χ2v) is 6.14. The van der Waals surface area contributed by atoms with Gasteiger partial charge in [0.25, 0.3) is 0 Å². The van der Waals surface area contributed by atoms with Crippen LogP contribution in [0, 0.1) is 5.92 Å². The zero-order chi connectivity index (χ0) is 13.7. The maximum Gasteiger partial charge on any atom is 0.119 e. The van der Waals surface area contributed by atoms with Gasteiger partial charge in [-0.25, -0.2) is 0 Å². The number of nitrogens with one attached hydrogen (secondary N) is 1. The molecule has 0 aliphatic heterocycles. The van der Waals surface area contributed by atoms with Gasteiger partial charge in [0.1, 0.15) is 5.75 Å². The summed E-state index contributed by atoms with van der Waals surface area (Å²) >= 11 is 3.64. The molecule has 0 aromatic heterocycles. The van der Waals surface area contributed by atoms with Crippen molar-refractivity contribution in [3.63, 3.8) is 0 Å². The van der Waals surface area contributed by atoms with Crippen molar-refractivity contribution < 1.29 is 4.74 Å². The van der Waals surface area contributed by atoms with Crippen molar-refractivity contribution in [1.82, 2.24) is 5.43 Å². The molecule has 1 unspecified atom stereocenters. The maximum atomic E-state index is 5.84. The van der Waals surface area contributed by atoms with E-state index in [0.29, 0.717) is 5.92 Å². The van der Waals surface area contributed by atoms with Crippen molar-refractivity contribution in [2.24, 2.45) is 11.8 Å². The molecule has 3 N–H and O–H groups in total. The van der Waals surface area contributed by atoms with Gasteiger partial charge in [-0.3, -0.25) is 11.3 Å². The van der Waals surface area contributed by atoms with E-state index in [2.05, 4.69) is 27.4 Å². The smallest absolute Gasteiger partial charge is 0.119 e. The molecule has 1 aliphatic carbocycles. The van der Waals surface area contributed by atoms with Crippen LogP contribution in [0.2, 0.25) is 0 Å². The molecule has 0 heterocycles. The molecule has 0 amide bonds. The summed E-state index contributed by atoms with van der Waals surface area (Å²) in [5.41, 5.74) is 4.22. The van der Waals surface area contributed by atoms with E-state index < -0.39 is 0 Å². The lowest BCUT2D eigenvalue weighted by atomic mass is 9.87. The van der Waals surface area contributed by atoms with Gasteiger partial charge < -0.3 is 4.74 Å². The molecule has 106 valence electrons. The van der Waals surface area contributed by atoms with Crippen molar-refractivity contribution in [1.29, 1.82) is 0 Å². The van der Waals surface area contributed by atoms with E-state index in [1.807, 2.05) is 12.1 Å². The molecule has 1 aromatic rings. The van der Waals surface area contributed by atoms with Gasteiger partial charge in [0.15, 0.2) is 0 Å². The fraction of sp³-hybridized carbons (Fsp3) is 0.600. The predicted molar refractivity (Wildman–Crippen MR) is 82.0 cm³/mol. The van der Waals surface area contributed by atoms with Crippen LogP contribution in [0.15, 0.2) is 22.7 Å². The highest BCUT2D eigenvalue weighted by Crippen LogP contribution is 2.37. The van der Waals surface area contributed by atoms with Gasteiger partial charge in [-0.05, 0) is 42.5 Å². The van der Waals surface area contributed by atoms with E-state index in [0.717, 1.165) is 10.2 Å². The van der Waals surface area contributed by atoms with Crippen molar-refractivity contribution in [2.75, 3.05) is 7.11 Å². The third-order valence-corrected chi connectivity index (χ3v) is 4.81. The van der Waals surface area contributed by atoms with Gasteiger partial charge in [0.05, 0.1) is 13.2 Å². The Morgan fingerprint density at radius 3 is 2.53 bits per heavy atom. The summed E-state index contributed by atoms with van der Waals surface area (Å²) in [4.78, 5) is 0. The lowest BCUT2D eigenvalue weighted by Gasteiger charge is -2.27. The highest BCUT2D eigenvalue weighted by Gasteiger charge is 2.25. The van der Waals surface area contributed by atoms with Crippen LogP contribution < -0.4 is 16.0 Å². The lowest BCUT2D eigenvalue weighted by molar-refractivity contribution is 0.326. The molecule has 0 saturated heterocycles. The minimum absolute atomic E-state index is 0.197. The van der Waals surface area contributed by atoms with Crippen LogP contribution in [0.4, 0.5) is 0 Å². The number of hydrogen-bond acceptors (Lipinski definition) is 3. The standard InChI is InChI=1S/C15H23BrN2O/c1-19-12-8-9-14(16)13(10-12)15(18-17)11-6-4-2-3-5-7-11/h8-11,15,18H,2-7,17H2,1H3. The number of halogens is 1. The fourth-order valence-electron chi connectivity index (χ4n) is 3.01. The first kappa shape index (κ1) is 14.8.